The fourth-order valence-electron chi connectivity index (χ4n) is 3.45. The van der Waals surface area contributed by atoms with E-state index in [0.717, 1.165) is 31.5 Å². The first-order chi connectivity index (χ1) is 17.0. The van der Waals surface area contributed by atoms with Gasteiger partial charge in [0.05, 0.1) is 25.4 Å². The predicted molar refractivity (Wildman–Crippen MR) is 126 cm³/mol. The first-order valence-electron chi connectivity index (χ1n) is 11.7. The Hall–Kier alpha value is -3.43. The number of ether oxygens (including phenoxy) is 5. The van der Waals surface area contributed by atoms with Gasteiger partial charge in [0.1, 0.15) is 17.1 Å². The Labute approximate surface area is 204 Å². The maximum absolute atomic E-state index is 12.6. The highest BCUT2D eigenvalue weighted by molar-refractivity contribution is 5.93. The maximum atomic E-state index is 12.6. The number of hydrogen-bond donors (Lipinski definition) is 0. The second kappa shape index (κ2) is 13.5. The van der Waals surface area contributed by atoms with E-state index < -0.39 is 24.7 Å². The minimum absolute atomic E-state index is 0.0535. The topological polar surface area (TPSA) is 101 Å². The summed E-state index contributed by atoms with van der Waals surface area (Å²) in [6.45, 7) is 7.03. The van der Waals surface area contributed by atoms with Crippen molar-refractivity contribution >= 4 is 17.9 Å². The van der Waals surface area contributed by atoms with Gasteiger partial charge in [-0.05, 0) is 30.7 Å². The molecule has 1 heterocycles. The van der Waals surface area contributed by atoms with E-state index in [1.807, 2.05) is 6.07 Å². The molecule has 3 rings (SSSR count). The molecule has 9 nitrogen and oxygen atoms in total. The summed E-state index contributed by atoms with van der Waals surface area (Å²) in [6, 6.07) is 11.3. The molecule has 0 spiro atoms. The van der Waals surface area contributed by atoms with Crippen LogP contribution in [0.4, 0.5) is 0 Å². The monoisotopic (exact) mass is 485 g/mol. The summed E-state index contributed by atoms with van der Waals surface area (Å²) in [5.74, 6) is -1.29. The van der Waals surface area contributed by atoms with Crippen molar-refractivity contribution < 1.29 is 38.1 Å². The van der Waals surface area contributed by atoms with Crippen LogP contribution in [0.3, 0.4) is 0 Å². The lowest BCUT2D eigenvalue weighted by molar-refractivity contribution is -0.131. The highest BCUT2D eigenvalue weighted by Crippen LogP contribution is 2.24. The molecule has 1 saturated heterocycles. The summed E-state index contributed by atoms with van der Waals surface area (Å²) in [7, 11) is 0. The first-order valence-corrected chi connectivity index (χ1v) is 11.7. The van der Waals surface area contributed by atoms with Crippen LogP contribution in [0, 0.1) is 0 Å². The van der Waals surface area contributed by atoms with Gasteiger partial charge < -0.3 is 23.7 Å². The molecule has 0 atom stereocenters. The lowest BCUT2D eigenvalue weighted by Crippen LogP contribution is -2.35. The van der Waals surface area contributed by atoms with E-state index >= 15 is 0 Å². The Morgan fingerprint density at radius 2 is 1.71 bits per heavy atom. The van der Waals surface area contributed by atoms with Gasteiger partial charge in [0.15, 0.2) is 0 Å². The second-order valence-electron chi connectivity index (χ2n) is 7.98. The van der Waals surface area contributed by atoms with E-state index in [0.29, 0.717) is 37.7 Å². The Balaban J connectivity index is 1.61. The predicted octanol–water partition coefficient (Wildman–Crippen LogP) is 3.59. The van der Waals surface area contributed by atoms with E-state index in [4.69, 9.17) is 23.7 Å². The van der Waals surface area contributed by atoms with Gasteiger partial charge >= 0.3 is 17.9 Å². The van der Waals surface area contributed by atoms with Gasteiger partial charge in [-0.2, -0.15) is 0 Å². The lowest BCUT2D eigenvalue weighted by Gasteiger charge is -2.27. The molecule has 2 aromatic carbocycles. The molecular formula is C26H31NO8. The average Bonchev–Trinajstić information content (AvgIpc) is 2.85. The highest BCUT2D eigenvalue weighted by Gasteiger charge is 2.18. The molecule has 2 aromatic rings. The number of morpholine rings is 1. The molecule has 1 aliphatic heterocycles. The number of benzene rings is 2. The van der Waals surface area contributed by atoms with Crippen LogP contribution >= 0.6 is 0 Å². The van der Waals surface area contributed by atoms with Gasteiger partial charge in [0, 0.05) is 32.1 Å². The zero-order valence-electron chi connectivity index (χ0n) is 20.1. The molecule has 0 aliphatic carbocycles. The number of rotatable bonds is 11. The van der Waals surface area contributed by atoms with Crippen LogP contribution in [0.1, 0.15) is 53.0 Å². The Kier molecular flexibility index (Phi) is 10.1. The van der Waals surface area contributed by atoms with Crippen molar-refractivity contribution in [3.05, 3.63) is 59.2 Å². The van der Waals surface area contributed by atoms with Crippen LogP contribution in [0.2, 0.25) is 0 Å². The zero-order valence-corrected chi connectivity index (χ0v) is 20.1. The van der Waals surface area contributed by atoms with E-state index in [9.17, 15) is 14.4 Å². The van der Waals surface area contributed by atoms with E-state index in [1.54, 1.807) is 24.3 Å². The fraction of sp³-hybridized carbons (Fsp3) is 0.423. The van der Waals surface area contributed by atoms with Gasteiger partial charge in [0.2, 0.25) is 6.79 Å². The number of nitrogens with zero attached hydrogens (tertiary/aromatic N) is 1. The van der Waals surface area contributed by atoms with Crippen LogP contribution in [0.25, 0.3) is 0 Å². The molecule has 0 bridgehead atoms. The van der Waals surface area contributed by atoms with Gasteiger partial charge in [-0.1, -0.05) is 31.5 Å². The first kappa shape index (κ1) is 26.2. The lowest BCUT2D eigenvalue weighted by atomic mass is 10.1. The number of carbonyl (C=O) groups excluding carboxylic acids is 3. The van der Waals surface area contributed by atoms with Gasteiger partial charge in [-0.15, -0.1) is 0 Å². The molecule has 1 fully saturated rings. The van der Waals surface area contributed by atoms with Crippen LogP contribution in [0.15, 0.2) is 42.5 Å². The normalized spacial score (nSPS) is 13.7. The van der Waals surface area contributed by atoms with Crippen molar-refractivity contribution in [2.45, 2.75) is 33.2 Å². The van der Waals surface area contributed by atoms with Crippen LogP contribution in [-0.4, -0.2) is 62.5 Å². The van der Waals surface area contributed by atoms with E-state index in [2.05, 4.69) is 11.8 Å². The molecular weight excluding hydrogens is 454 g/mol. The molecule has 0 aromatic heterocycles. The van der Waals surface area contributed by atoms with Gasteiger partial charge in [-0.3, -0.25) is 9.69 Å². The molecule has 0 unspecified atom stereocenters. The molecule has 0 saturated carbocycles. The molecule has 9 heteroatoms. The summed E-state index contributed by atoms with van der Waals surface area (Å²) in [6.07, 6.45) is 1.89. The minimum Gasteiger partial charge on any atom is -0.493 e. The minimum atomic E-state index is -0.779. The van der Waals surface area contributed by atoms with Crippen LogP contribution in [-0.2, 0) is 25.5 Å². The standard InChI is InChI=1S/C26H31NO8/c1-3-4-13-32-24-16-20(9-10-21(24)17-27-11-14-31-15-12-27)25(29)33-18-34-26(30)22-7-5-6-8-23(22)35-19(2)28/h5-10,16H,3-4,11-15,17-18H2,1-2H3. The number of esters is 3. The van der Waals surface area contributed by atoms with Crippen molar-refractivity contribution in [2.75, 3.05) is 39.7 Å². The van der Waals surface area contributed by atoms with Gasteiger partial charge in [0.25, 0.3) is 0 Å². The average molecular weight is 486 g/mol. The highest BCUT2D eigenvalue weighted by atomic mass is 16.7. The molecule has 0 amide bonds. The summed E-state index contributed by atoms with van der Waals surface area (Å²) in [5, 5.41) is 0. The molecule has 188 valence electrons. The largest absolute Gasteiger partial charge is 0.493 e. The van der Waals surface area contributed by atoms with E-state index in [1.165, 1.54) is 19.1 Å². The third kappa shape index (κ3) is 8.08. The summed E-state index contributed by atoms with van der Waals surface area (Å²) < 4.78 is 26.6. The second-order valence-corrected chi connectivity index (χ2v) is 7.98. The van der Waals surface area contributed by atoms with Crippen molar-refractivity contribution in [3.8, 4) is 11.5 Å². The summed E-state index contributed by atoms with van der Waals surface area (Å²) in [4.78, 5) is 38.5. The van der Waals surface area contributed by atoms with Crippen molar-refractivity contribution in [3.63, 3.8) is 0 Å². The van der Waals surface area contributed by atoms with Crippen LogP contribution in [0.5, 0.6) is 11.5 Å². The number of carbonyl (C=O) groups is 3. The SMILES string of the molecule is CCCCOc1cc(C(=O)OCOC(=O)c2ccccc2OC(C)=O)ccc1CN1CCOCC1. The van der Waals surface area contributed by atoms with Crippen LogP contribution < -0.4 is 9.47 Å². The number of hydrogen-bond acceptors (Lipinski definition) is 9. The number of para-hydroxylation sites is 1. The Morgan fingerprint density at radius 3 is 2.46 bits per heavy atom. The van der Waals surface area contributed by atoms with Gasteiger partial charge in [-0.25, -0.2) is 9.59 Å². The molecule has 35 heavy (non-hydrogen) atoms. The summed E-state index contributed by atoms with van der Waals surface area (Å²) in [5.41, 5.74) is 1.32. The smallest absolute Gasteiger partial charge is 0.344 e. The molecule has 0 radical (unpaired) electrons. The fourth-order valence-corrected chi connectivity index (χ4v) is 3.45. The van der Waals surface area contributed by atoms with Crippen molar-refractivity contribution in [1.82, 2.24) is 4.90 Å². The van der Waals surface area contributed by atoms with E-state index in [-0.39, 0.29) is 11.3 Å². The third-order valence-corrected chi connectivity index (χ3v) is 5.30. The number of unbranched alkanes of at least 4 members (excludes halogenated alkanes) is 1. The maximum Gasteiger partial charge on any atom is 0.344 e. The molecule has 1 aliphatic rings. The van der Waals surface area contributed by atoms with Crippen molar-refractivity contribution in [1.29, 1.82) is 0 Å². The molecule has 0 N–H and O–H groups in total. The Morgan fingerprint density at radius 1 is 0.971 bits per heavy atom. The third-order valence-electron chi connectivity index (χ3n) is 5.30. The quantitative estimate of drug-likeness (QED) is 0.205. The zero-order chi connectivity index (χ0) is 25.0. The van der Waals surface area contributed by atoms with Crippen molar-refractivity contribution in [2.24, 2.45) is 0 Å². The summed E-state index contributed by atoms with van der Waals surface area (Å²) >= 11 is 0. The Bertz CT molecular complexity index is 1020.